The molecule has 0 saturated heterocycles. The van der Waals surface area contributed by atoms with E-state index in [-0.39, 0.29) is 16.6 Å². The van der Waals surface area contributed by atoms with Gasteiger partial charge in [0.1, 0.15) is 0 Å². The van der Waals surface area contributed by atoms with Gasteiger partial charge in [-0.2, -0.15) is 0 Å². The van der Waals surface area contributed by atoms with E-state index < -0.39 is 0 Å². The van der Waals surface area contributed by atoms with Gasteiger partial charge in [-0.3, -0.25) is 9.59 Å². The first-order valence-corrected chi connectivity index (χ1v) is 7.03. The van der Waals surface area contributed by atoms with Crippen LogP contribution in [-0.2, 0) is 9.59 Å². The van der Waals surface area contributed by atoms with Crippen LogP contribution in [0.5, 0.6) is 0 Å². The first-order chi connectivity index (χ1) is 8.79. The molecule has 1 heterocycles. The molecule has 0 atom stereocenters. The zero-order valence-electron chi connectivity index (χ0n) is 10.9. The predicted molar refractivity (Wildman–Crippen MR) is 79.4 cm³/mol. The summed E-state index contributed by atoms with van der Waals surface area (Å²) in [4.78, 5) is 25.9. The summed E-state index contributed by atoms with van der Waals surface area (Å²) in [5.41, 5.74) is 0.430. The lowest BCUT2D eigenvalue weighted by molar-refractivity contribution is -0.120. The van der Waals surface area contributed by atoms with Crippen LogP contribution < -0.4 is 4.90 Å². The number of hydrogen-bond acceptors (Lipinski definition) is 3. The van der Waals surface area contributed by atoms with Crippen LogP contribution >= 0.6 is 23.4 Å². The van der Waals surface area contributed by atoms with E-state index in [1.54, 1.807) is 24.3 Å². The molecule has 1 aromatic rings. The van der Waals surface area contributed by atoms with E-state index in [0.29, 0.717) is 15.6 Å². The number of imide groups is 1. The Bertz CT molecular complexity index is 575. The number of halogens is 1. The van der Waals surface area contributed by atoms with E-state index in [1.165, 1.54) is 17.8 Å². The third-order valence-corrected chi connectivity index (χ3v) is 3.84. The molecule has 0 unspecified atom stereocenters. The zero-order chi connectivity index (χ0) is 14.2. The fraction of sp³-hybridized carbons (Fsp3) is 0.286. The fourth-order valence-electron chi connectivity index (χ4n) is 1.71. The van der Waals surface area contributed by atoms with Gasteiger partial charge in [0.25, 0.3) is 11.8 Å². The molecule has 0 aromatic heterocycles. The van der Waals surface area contributed by atoms with Crippen LogP contribution in [0.15, 0.2) is 35.2 Å². The molecular formula is C14H14ClNO2S. The molecule has 0 radical (unpaired) electrons. The Morgan fingerprint density at radius 3 is 2.37 bits per heavy atom. The lowest BCUT2D eigenvalue weighted by Gasteiger charge is -2.19. The van der Waals surface area contributed by atoms with Gasteiger partial charge in [-0.1, -0.05) is 44.5 Å². The van der Waals surface area contributed by atoms with E-state index in [2.05, 4.69) is 0 Å². The van der Waals surface area contributed by atoms with Crippen molar-refractivity contribution in [3.05, 3.63) is 40.3 Å². The van der Waals surface area contributed by atoms with Crippen LogP contribution in [-0.4, -0.2) is 16.6 Å². The average molecular weight is 296 g/mol. The summed E-state index contributed by atoms with van der Waals surface area (Å²) in [7, 11) is 0. The number of anilines is 1. The third kappa shape index (κ3) is 3.01. The largest absolute Gasteiger partial charge is 0.271 e. The SMILES string of the molecule is CC(C)(C)SC1=CC(=O)N(c2ccccc2Cl)C1=O. The third-order valence-electron chi connectivity index (χ3n) is 2.40. The number of carbonyl (C=O) groups is 2. The van der Waals surface area contributed by atoms with Gasteiger partial charge in [-0.05, 0) is 12.1 Å². The lowest BCUT2D eigenvalue weighted by atomic mass is 10.3. The summed E-state index contributed by atoms with van der Waals surface area (Å²) in [5.74, 6) is -0.650. The number of nitrogens with zero attached hydrogens (tertiary/aromatic N) is 1. The molecule has 0 saturated carbocycles. The highest BCUT2D eigenvalue weighted by Gasteiger charge is 2.35. The van der Waals surface area contributed by atoms with Crippen molar-refractivity contribution in [2.75, 3.05) is 4.90 Å². The summed E-state index contributed by atoms with van der Waals surface area (Å²) in [5, 5.41) is 0.389. The monoisotopic (exact) mass is 295 g/mol. The molecule has 100 valence electrons. The number of para-hydroxylation sites is 1. The molecule has 2 amide bonds. The van der Waals surface area contributed by atoms with Crippen molar-refractivity contribution < 1.29 is 9.59 Å². The molecule has 0 fully saturated rings. The summed E-state index contributed by atoms with van der Waals surface area (Å²) in [6.45, 7) is 5.98. The van der Waals surface area contributed by atoms with E-state index >= 15 is 0 Å². The molecular weight excluding hydrogens is 282 g/mol. The minimum atomic E-state index is -0.343. The number of carbonyl (C=O) groups excluding carboxylic acids is 2. The van der Waals surface area contributed by atoms with Crippen LogP contribution in [0.4, 0.5) is 5.69 Å². The normalized spacial score (nSPS) is 16.0. The van der Waals surface area contributed by atoms with Crippen LogP contribution in [0, 0.1) is 0 Å². The maximum atomic E-state index is 12.3. The Labute approximate surface area is 121 Å². The molecule has 1 aromatic carbocycles. The molecule has 3 nitrogen and oxygen atoms in total. The van der Waals surface area contributed by atoms with E-state index in [1.807, 2.05) is 20.8 Å². The molecule has 5 heteroatoms. The molecule has 0 spiro atoms. The number of thioether (sulfide) groups is 1. The summed E-state index contributed by atoms with van der Waals surface area (Å²) >= 11 is 7.43. The van der Waals surface area contributed by atoms with Gasteiger partial charge in [0, 0.05) is 10.8 Å². The van der Waals surface area contributed by atoms with Gasteiger partial charge in [0.15, 0.2) is 0 Å². The average Bonchev–Trinajstić information content (AvgIpc) is 2.53. The minimum absolute atomic E-state index is 0.127. The Hall–Kier alpha value is -1.26. The Morgan fingerprint density at radius 1 is 1.16 bits per heavy atom. The second kappa shape index (κ2) is 5.02. The Morgan fingerprint density at radius 2 is 1.79 bits per heavy atom. The van der Waals surface area contributed by atoms with Gasteiger partial charge < -0.3 is 0 Å². The number of hydrogen-bond donors (Lipinski definition) is 0. The van der Waals surface area contributed by atoms with Gasteiger partial charge in [-0.25, -0.2) is 4.90 Å². The van der Waals surface area contributed by atoms with Crippen LogP contribution in [0.1, 0.15) is 20.8 Å². The van der Waals surface area contributed by atoms with Crippen molar-refractivity contribution in [2.45, 2.75) is 25.5 Å². The highest BCUT2D eigenvalue weighted by atomic mass is 35.5. The van der Waals surface area contributed by atoms with Crippen molar-refractivity contribution in [2.24, 2.45) is 0 Å². The second-order valence-corrected chi connectivity index (χ2v) is 7.43. The first-order valence-electron chi connectivity index (χ1n) is 5.83. The van der Waals surface area contributed by atoms with Gasteiger partial charge >= 0.3 is 0 Å². The maximum Gasteiger partial charge on any atom is 0.271 e. The molecule has 2 rings (SSSR count). The maximum absolute atomic E-state index is 12.3. The van der Waals surface area contributed by atoms with Crippen LogP contribution in [0.25, 0.3) is 0 Å². The molecule has 0 aliphatic carbocycles. The molecule has 0 N–H and O–H groups in total. The van der Waals surface area contributed by atoms with Crippen LogP contribution in [0.3, 0.4) is 0 Å². The lowest BCUT2D eigenvalue weighted by Crippen LogP contribution is -2.31. The van der Waals surface area contributed by atoms with Crippen molar-refractivity contribution in [3.8, 4) is 0 Å². The minimum Gasteiger partial charge on any atom is -0.269 e. The van der Waals surface area contributed by atoms with Gasteiger partial charge in [0.2, 0.25) is 0 Å². The van der Waals surface area contributed by atoms with Crippen molar-refractivity contribution in [3.63, 3.8) is 0 Å². The molecule has 19 heavy (non-hydrogen) atoms. The number of rotatable bonds is 2. The Kier molecular flexibility index (Phi) is 3.74. The second-order valence-electron chi connectivity index (χ2n) is 5.15. The van der Waals surface area contributed by atoms with Crippen molar-refractivity contribution in [1.82, 2.24) is 0 Å². The number of benzene rings is 1. The van der Waals surface area contributed by atoms with Gasteiger partial charge in [0.05, 0.1) is 15.6 Å². The molecule has 1 aliphatic heterocycles. The quantitative estimate of drug-likeness (QED) is 0.782. The fourth-order valence-corrected chi connectivity index (χ4v) is 2.93. The van der Waals surface area contributed by atoms with Crippen LogP contribution in [0.2, 0.25) is 5.02 Å². The highest BCUT2D eigenvalue weighted by molar-refractivity contribution is 8.05. The first kappa shape index (κ1) is 14.2. The molecule has 0 bridgehead atoms. The Balaban J connectivity index is 2.31. The van der Waals surface area contributed by atoms with Gasteiger partial charge in [-0.15, -0.1) is 11.8 Å². The topological polar surface area (TPSA) is 37.4 Å². The highest BCUT2D eigenvalue weighted by Crippen LogP contribution is 2.37. The van der Waals surface area contributed by atoms with E-state index in [0.717, 1.165) is 4.90 Å². The molecule has 1 aliphatic rings. The van der Waals surface area contributed by atoms with E-state index in [4.69, 9.17) is 11.6 Å². The summed E-state index contributed by atoms with van der Waals surface area (Å²) in [6.07, 6.45) is 1.38. The smallest absolute Gasteiger partial charge is 0.269 e. The van der Waals surface area contributed by atoms with Crippen molar-refractivity contribution >= 4 is 40.9 Å². The van der Waals surface area contributed by atoms with Crippen molar-refractivity contribution in [1.29, 1.82) is 0 Å². The zero-order valence-corrected chi connectivity index (χ0v) is 12.5. The predicted octanol–water partition coefficient (Wildman–Crippen LogP) is 3.63. The number of amides is 2. The summed E-state index contributed by atoms with van der Waals surface area (Å²) in [6, 6.07) is 6.83. The standard InChI is InChI=1S/C14H14ClNO2S/c1-14(2,3)19-11-8-12(17)16(13(11)18)10-7-5-4-6-9(10)15/h4-8H,1-3H3. The summed E-state index contributed by atoms with van der Waals surface area (Å²) < 4.78 is -0.127. The van der Waals surface area contributed by atoms with E-state index in [9.17, 15) is 9.59 Å².